The predicted molar refractivity (Wildman–Crippen MR) is 177 cm³/mol. The Hall–Kier alpha value is -5.28. The van der Waals surface area contributed by atoms with Gasteiger partial charge in [-0.3, -0.25) is 9.59 Å². The number of thioether (sulfide) groups is 1. The summed E-state index contributed by atoms with van der Waals surface area (Å²) in [6, 6.07) is 36.4. The molecular formula is C37H33FN2O5S. The van der Waals surface area contributed by atoms with E-state index in [-0.39, 0.29) is 23.8 Å². The van der Waals surface area contributed by atoms with E-state index in [1.807, 2.05) is 91.0 Å². The Morgan fingerprint density at radius 1 is 0.696 bits per heavy atom. The number of carbonyl (C=O) groups excluding carboxylic acids is 2. The standard InChI is InChI=1S/C37H33FN2O5S/c38-29-17-10-18-32(42)34(29)36(45)40-30(35(44)39-22-21-25-19-20-31(41)33(43)23-25)24-46-37(26-11-4-1-5-12-26,27-13-6-2-7-14-27)28-15-8-3-9-16-28/h1-20,23,30,41-43H,21-22,24H2,(H,39,44)(H,40,45)/t30-/m0/s1. The molecule has 5 N–H and O–H groups in total. The quantitative estimate of drug-likeness (QED) is 0.0832. The molecule has 0 saturated carbocycles. The van der Waals surface area contributed by atoms with E-state index in [0.717, 1.165) is 22.8 Å². The first kappa shape index (κ1) is 32.1. The van der Waals surface area contributed by atoms with Crippen LogP contribution in [-0.2, 0) is 16.0 Å². The fourth-order valence-corrected chi connectivity index (χ4v) is 6.87. The van der Waals surface area contributed by atoms with Crippen LogP contribution in [0.2, 0.25) is 0 Å². The lowest BCUT2D eigenvalue weighted by molar-refractivity contribution is -0.122. The summed E-state index contributed by atoms with van der Waals surface area (Å²) in [5, 5.41) is 35.2. The van der Waals surface area contributed by atoms with Crippen LogP contribution in [0.25, 0.3) is 0 Å². The summed E-state index contributed by atoms with van der Waals surface area (Å²) in [5.74, 6) is -3.33. The monoisotopic (exact) mass is 636 g/mol. The minimum Gasteiger partial charge on any atom is -0.507 e. The third kappa shape index (κ3) is 7.16. The van der Waals surface area contributed by atoms with Gasteiger partial charge in [0.05, 0.1) is 4.75 Å². The summed E-state index contributed by atoms with van der Waals surface area (Å²) in [4.78, 5) is 27.1. The van der Waals surface area contributed by atoms with Crippen molar-refractivity contribution in [2.45, 2.75) is 17.2 Å². The molecule has 5 rings (SSSR count). The first-order valence-electron chi connectivity index (χ1n) is 14.7. The van der Waals surface area contributed by atoms with Crippen molar-refractivity contribution in [3.05, 3.63) is 161 Å². The summed E-state index contributed by atoms with van der Waals surface area (Å²) in [6.45, 7) is 0.159. The molecule has 9 heteroatoms. The van der Waals surface area contributed by atoms with E-state index >= 15 is 0 Å². The molecule has 234 valence electrons. The first-order valence-corrected chi connectivity index (χ1v) is 15.7. The van der Waals surface area contributed by atoms with Crippen molar-refractivity contribution in [1.29, 1.82) is 0 Å². The van der Waals surface area contributed by atoms with Gasteiger partial charge in [-0.25, -0.2) is 4.39 Å². The number of benzene rings is 5. The third-order valence-corrected chi connectivity index (χ3v) is 9.24. The second kappa shape index (κ2) is 14.7. The van der Waals surface area contributed by atoms with E-state index < -0.39 is 39.7 Å². The summed E-state index contributed by atoms with van der Waals surface area (Å²) < 4.78 is 13.9. The molecule has 5 aromatic rings. The smallest absolute Gasteiger partial charge is 0.258 e. The molecule has 0 fully saturated rings. The molecule has 0 unspecified atom stereocenters. The first-order chi connectivity index (χ1) is 22.3. The predicted octanol–water partition coefficient (Wildman–Crippen LogP) is 6.13. The normalized spacial score (nSPS) is 11.8. The lowest BCUT2D eigenvalue weighted by Gasteiger charge is -2.36. The van der Waals surface area contributed by atoms with E-state index in [1.54, 1.807) is 6.07 Å². The molecule has 0 aliphatic rings. The van der Waals surface area contributed by atoms with Gasteiger partial charge in [-0.05, 0) is 52.9 Å². The molecular weight excluding hydrogens is 603 g/mol. The molecule has 0 saturated heterocycles. The topological polar surface area (TPSA) is 119 Å². The number of aromatic hydroxyl groups is 3. The zero-order valence-corrected chi connectivity index (χ0v) is 25.6. The van der Waals surface area contributed by atoms with Crippen molar-refractivity contribution in [3.63, 3.8) is 0 Å². The number of rotatable bonds is 12. The van der Waals surface area contributed by atoms with Gasteiger partial charge in [0.2, 0.25) is 5.91 Å². The molecule has 0 radical (unpaired) electrons. The number of hydrogen-bond acceptors (Lipinski definition) is 6. The zero-order valence-electron chi connectivity index (χ0n) is 24.8. The maximum Gasteiger partial charge on any atom is 0.258 e. The van der Waals surface area contributed by atoms with Crippen molar-refractivity contribution in [3.8, 4) is 17.2 Å². The van der Waals surface area contributed by atoms with Crippen LogP contribution >= 0.6 is 11.8 Å². The number of carbonyl (C=O) groups is 2. The molecule has 7 nitrogen and oxygen atoms in total. The Morgan fingerprint density at radius 2 is 1.26 bits per heavy atom. The van der Waals surface area contributed by atoms with Crippen molar-refractivity contribution in [2.24, 2.45) is 0 Å². The van der Waals surface area contributed by atoms with E-state index in [9.17, 15) is 29.3 Å². The second-order valence-electron chi connectivity index (χ2n) is 10.6. The Labute approximate surface area is 270 Å². The highest BCUT2D eigenvalue weighted by atomic mass is 32.2. The van der Waals surface area contributed by atoms with Gasteiger partial charge >= 0.3 is 0 Å². The van der Waals surface area contributed by atoms with Crippen molar-refractivity contribution >= 4 is 23.6 Å². The summed E-state index contributed by atoms with van der Waals surface area (Å²) in [6.07, 6.45) is 0.337. The van der Waals surface area contributed by atoms with Gasteiger partial charge in [-0.2, -0.15) is 0 Å². The average molecular weight is 637 g/mol. The molecule has 0 aromatic heterocycles. The largest absolute Gasteiger partial charge is 0.507 e. The van der Waals surface area contributed by atoms with Gasteiger partial charge in [0.1, 0.15) is 23.2 Å². The average Bonchev–Trinajstić information content (AvgIpc) is 3.07. The maximum absolute atomic E-state index is 14.7. The fourth-order valence-electron chi connectivity index (χ4n) is 5.31. The Morgan fingerprint density at radius 3 is 1.78 bits per heavy atom. The Bertz CT molecular complexity index is 1670. The summed E-state index contributed by atoms with van der Waals surface area (Å²) >= 11 is 1.45. The van der Waals surface area contributed by atoms with Crippen LogP contribution in [0.5, 0.6) is 17.2 Å². The van der Waals surface area contributed by atoms with Gasteiger partial charge < -0.3 is 26.0 Å². The lowest BCUT2D eigenvalue weighted by atomic mass is 9.84. The number of amides is 2. The van der Waals surface area contributed by atoms with Gasteiger partial charge in [0.15, 0.2) is 11.5 Å². The summed E-state index contributed by atoms with van der Waals surface area (Å²) in [7, 11) is 0. The van der Waals surface area contributed by atoms with Crippen LogP contribution in [0.3, 0.4) is 0 Å². The molecule has 0 aliphatic heterocycles. The lowest BCUT2D eigenvalue weighted by Crippen LogP contribution is -2.49. The number of nitrogens with one attached hydrogen (secondary N) is 2. The molecule has 2 amide bonds. The van der Waals surface area contributed by atoms with E-state index in [4.69, 9.17) is 0 Å². The third-order valence-electron chi connectivity index (χ3n) is 7.60. The van der Waals surface area contributed by atoms with Crippen LogP contribution in [0.4, 0.5) is 4.39 Å². The fraction of sp³-hybridized carbons (Fsp3) is 0.135. The minimum atomic E-state index is -1.14. The van der Waals surface area contributed by atoms with Crippen LogP contribution in [0, 0.1) is 5.82 Å². The van der Waals surface area contributed by atoms with Gasteiger partial charge in [-0.15, -0.1) is 11.8 Å². The van der Waals surface area contributed by atoms with Crippen LogP contribution in [0.15, 0.2) is 127 Å². The minimum absolute atomic E-state index is 0.0749. The van der Waals surface area contributed by atoms with Crippen LogP contribution in [0.1, 0.15) is 32.6 Å². The molecule has 0 spiro atoms. The highest BCUT2D eigenvalue weighted by Crippen LogP contribution is 2.48. The van der Waals surface area contributed by atoms with E-state index in [2.05, 4.69) is 10.6 Å². The van der Waals surface area contributed by atoms with Gasteiger partial charge in [0.25, 0.3) is 5.91 Å². The second-order valence-corrected chi connectivity index (χ2v) is 11.8. The molecule has 46 heavy (non-hydrogen) atoms. The highest BCUT2D eigenvalue weighted by molar-refractivity contribution is 8.00. The Balaban J connectivity index is 1.48. The van der Waals surface area contributed by atoms with E-state index in [1.165, 1.54) is 36.0 Å². The number of halogens is 1. The van der Waals surface area contributed by atoms with Crippen LogP contribution in [-0.4, -0.2) is 45.5 Å². The summed E-state index contributed by atoms with van der Waals surface area (Å²) in [5.41, 5.74) is 3.01. The zero-order chi connectivity index (χ0) is 32.5. The molecule has 0 heterocycles. The number of phenolic OH excluding ortho intramolecular Hbond substituents is 3. The highest BCUT2D eigenvalue weighted by Gasteiger charge is 2.38. The SMILES string of the molecule is O=C(N[C@@H](CSC(c1ccccc1)(c1ccccc1)c1ccccc1)C(=O)NCCc1ccc(O)c(O)c1)c1c(O)cccc1F. The maximum atomic E-state index is 14.7. The Kier molecular flexibility index (Phi) is 10.2. The molecule has 0 aliphatic carbocycles. The molecule has 1 atom stereocenters. The molecule has 0 bridgehead atoms. The molecule has 5 aromatic carbocycles. The van der Waals surface area contributed by atoms with Crippen molar-refractivity contribution in [2.75, 3.05) is 12.3 Å². The van der Waals surface area contributed by atoms with Crippen molar-refractivity contribution < 1.29 is 29.3 Å². The number of hydrogen-bond donors (Lipinski definition) is 5. The van der Waals surface area contributed by atoms with E-state index in [0.29, 0.717) is 12.0 Å². The van der Waals surface area contributed by atoms with Crippen molar-refractivity contribution in [1.82, 2.24) is 10.6 Å². The van der Waals surface area contributed by atoms with Gasteiger partial charge in [-0.1, -0.05) is 103 Å². The van der Waals surface area contributed by atoms with Gasteiger partial charge in [0, 0.05) is 12.3 Å². The van der Waals surface area contributed by atoms with Crippen LogP contribution < -0.4 is 10.6 Å². The number of phenols is 3.